The lowest BCUT2D eigenvalue weighted by molar-refractivity contribution is -0.493. The maximum atomic E-state index is 13.4. The van der Waals surface area contributed by atoms with E-state index in [1.807, 2.05) is 74.6 Å². The van der Waals surface area contributed by atoms with Crippen molar-refractivity contribution < 1.29 is 23.5 Å². The van der Waals surface area contributed by atoms with Gasteiger partial charge in [0.2, 0.25) is 11.8 Å². The van der Waals surface area contributed by atoms with Crippen molar-refractivity contribution in [1.29, 1.82) is 0 Å². The Bertz CT molecular complexity index is 1990. The zero-order valence-electron chi connectivity index (χ0n) is 34.6. The van der Waals surface area contributed by atoms with Crippen LogP contribution < -0.4 is 21.3 Å². The molecule has 2 aromatic carbocycles. The lowest BCUT2D eigenvalue weighted by atomic mass is 9.83. The minimum absolute atomic E-state index is 0.0803. The van der Waals surface area contributed by atoms with Gasteiger partial charge in [-0.05, 0) is 72.5 Å². The molecule has 2 amide bonds. The first-order valence-electron chi connectivity index (χ1n) is 19.8. The van der Waals surface area contributed by atoms with E-state index in [2.05, 4.69) is 85.3 Å². The number of carbonyl (C=O) groups excluding carboxylic acids is 3. The Balaban J connectivity index is 1.33. The van der Waals surface area contributed by atoms with Crippen molar-refractivity contribution >= 4 is 41.4 Å². The molecule has 5 rings (SSSR count). The molecule has 0 aromatic heterocycles. The highest BCUT2D eigenvalue weighted by Crippen LogP contribution is 2.49. The predicted octanol–water partition coefficient (Wildman–Crippen LogP) is 7.12. The van der Waals surface area contributed by atoms with Crippen LogP contribution >= 0.6 is 0 Å². The molecule has 2 heterocycles. The van der Waals surface area contributed by atoms with Crippen molar-refractivity contribution in [3.05, 3.63) is 130 Å². The van der Waals surface area contributed by atoms with Crippen LogP contribution in [0.2, 0.25) is 0 Å². The number of allylic oxidation sites excluding steroid dienone is 12. The zero-order valence-corrected chi connectivity index (χ0v) is 34.6. The fourth-order valence-electron chi connectivity index (χ4n) is 8.01. The number of primary amides is 2. The van der Waals surface area contributed by atoms with Gasteiger partial charge in [0.05, 0.1) is 0 Å². The number of anilines is 2. The molecule has 56 heavy (non-hydrogen) atoms. The van der Waals surface area contributed by atoms with Gasteiger partial charge >= 0.3 is 0 Å². The van der Waals surface area contributed by atoms with Crippen molar-refractivity contribution in [1.82, 2.24) is 0 Å². The molecule has 0 spiro atoms. The summed E-state index contributed by atoms with van der Waals surface area (Å²) in [5.74, 6) is -0.783. The van der Waals surface area contributed by atoms with E-state index in [4.69, 9.17) is 11.5 Å². The minimum Gasteiger partial charge on any atom is -0.366 e. The van der Waals surface area contributed by atoms with Crippen molar-refractivity contribution in [3.63, 3.8) is 0 Å². The van der Waals surface area contributed by atoms with Crippen LogP contribution in [0.1, 0.15) is 99.1 Å². The molecule has 9 nitrogen and oxygen atoms in total. The van der Waals surface area contributed by atoms with E-state index in [9.17, 15) is 14.4 Å². The van der Waals surface area contributed by atoms with Gasteiger partial charge < -0.3 is 21.3 Å². The van der Waals surface area contributed by atoms with Gasteiger partial charge in [0.1, 0.15) is 39.6 Å². The van der Waals surface area contributed by atoms with E-state index in [0.29, 0.717) is 24.0 Å². The van der Waals surface area contributed by atoms with Crippen LogP contribution in [-0.2, 0) is 15.6 Å². The second-order valence-electron chi connectivity index (χ2n) is 16.0. The number of rotatable bonds is 14. The molecule has 0 saturated heterocycles. The van der Waals surface area contributed by atoms with Crippen LogP contribution in [-0.4, -0.2) is 79.5 Å². The molecular weight excluding hydrogens is 697 g/mol. The number of ketones is 1. The van der Waals surface area contributed by atoms with Gasteiger partial charge in [0.25, 0.3) is 0 Å². The normalized spacial score (nSPS) is 20.8. The minimum atomic E-state index is -0.432. The Labute approximate surface area is 333 Å². The summed E-state index contributed by atoms with van der Waals surface area (Å²) in [6, 6.07) is 11.5. The van der Waals surface area contributed by atoms with Gasteiger partial charge in [0, 0.05) is 95.7 Å². The average molecular weight is 757 g/mol. The van der Waals surface area contributed by atoms with Gasteiger partial charge in [-0.1, -0.05) is 64.2 Å². The first-order chi connectivity index (χ1) is 26.6. The number of benzene rings is 2. The quantitative estimate of drug-likeness (QED) is 0.121. The molecule has 9 heteroatoms. The summed E-state index contributed by atoms with van der Waals surface area (Å²) in [4.78, 5) is 42.2. The predicted molar refractivity (Wildman–Crippen MR) is 230 cm³/mol. The smallest absolute Gasteiger partial charge is 0.248 e. The first-order valence-corrected chi connectivity index (χ1v) is 19.8. The van der Waals surface area contributed by atoms with E-state index in [1.165, 1.54) is 0 Å². The molecule has 1 saturated carbocycles. The average Bonchev–Trinajstić information content (AvgIpc) is 3.70. The van der Waals surface area contributed by atoms with Crippen LogP contribution in [0, 0.1) is 0 Å². The standard InChI is InChI=1S/C47H58N6O3/c1-9-50(7)27-15-29-52-39-25-23-35(44(48)55)31-37(39)46(3,4)41(52)19-13-11-17-33-21-22-34(43(33)54)18-12-14-20-42-47(5,6)38-32-36(45(49)56)24-26-40(38)53(42)30-16-28-51(8)10-2/h9-14,17-20,23-26,31-32H,15-16,21-22,27-30H2,1-8H3,(H2-2,48,49,55,56)/p+2/b13-11?,14-12?,33-17?,34-18?,41-19?,42-20?,50-9-,51-10-. The van der Waals surface area contributed by atoms with E-state index in [0.717, 1.165) is 84.1 Å². The van der Waals surface area contributed by atoms with Gasteiger partial charge in [-0.15, -0.1) is 0 Å². The molecule has 294 valence electrons. The van der Waals surface area contributed by atoms with Gasteiger partial charge in [0.15, 0.2) is 5.78 Å². The van der Waals surface area contributed by atoms with Crippen molar-refractivity contribution in [2.24, 2.45) is 11.5 Å². The maximum absolute atomic E-state index is 13.4. The molecule has 0 bridgehead atoms. The van der Waals surface area contributed by atoms with Gasteiger partial charge in [-0.25, -0.2) is 9.15 Å². The first kappa shape index (κ1) is 41.6. The van der Waals surface area contributed by atoms with Crippen molar-refractivity contribution in [2.75, 3.05) is 50.1 Å². The summed E-state index contributed by atoms with van der Waals surface area (Å²) in [5.41, 5.74) is 19.9. The summed E-state index contributed by atoms with van der Waals surface area (Å²) in [6.45, 7) is 16.3. The second kappa shape index (κ2) is 17.5. The Morgan fingerprint density at radius 3 is 1.39 bits per heavy atom. The number of hydrogen-bond acceptors (Lipinski definition) is 5. The van der Waals surface area contributed by atoms with Gasteiger partial charge in [-0.3, -0.25) is 14.4 Å². The summed E-state index contributed by atoms with van der Waals surface area (Å²) >= 11 is 0. The number of carbonyl (C=O) groups is 3. The molecule has 4 N–H and O–H groups in total. The second-order valence-corrected chi connectivity index (χ2v) is 16.0. The van der Waals surface area contributed by atoms with Gasteiger partial charge in [-0.2, -0.15) is 0 Å². The van der Waals surface area contributed by atoms with E-state index >= 15 is 0 Å². The topological polar surface area (TPSA) is 116 Å². The summed E-state index contributed by atoms with van der Waals surface area (Å²) in [6.07, 6.45) is 23.6. The SMILES string of the molecule is C/C=[N+](/C)CCCN1C(=CC=CC=C2CCC(=CC=CC=C3N(CCC/[N+](C)=C\C)c4ccc(C(N)=O)cc4C3(C)C)C2=O)C(C)(C)c2cc(C(N)=O)ccc21. The van der Waals surface area contributed by atoms with E-state index in [-0.39, 0.29) is 16.6 Å². The lowest BCUT2D eigenvalue weighted by Crippen LogP contribution is -2.28. The molecule has 0 atom stereocenters. The Morgan fingerprint density at radius 2 is 1.04 bits per heavy atom. The summed E-state index contributed by atoms with van der Waals surface area (Å²) < 4.78 is 4.37. The molecule has 0 unspecified atom stereocenters. The van der Waals surface area contributed by atoms with Crippen LogP contribution in [0.4, 0.5) is 11.4 Å². The number of Topliss-reactive ketones (excluding diaryl/α,β-unsaturated/α-hetero) is 1. The number of nitrogens with two attached hydrogens (primary N) is 2. The number of nitrogens with zero attached hydrogens (tertiary/aromatic N) is 4. The molecule has 2 aromatic rings. The maximum Gasteiger partial charge on any atom is 0.248 e. The fraction of sp³-hybridized carbons (Fsp3) is 0.383. The Morgan fingerprint density at radius 1 is 0.661 bits per heavy atom. The summed E-state index contributed by atoms with van der Waals surface area (Å²) in [5, 5.41) is 0. The fourth-order valence-corrected chi connectivity index (χ4v) is 8.01. The lowest BCUT2D eigenvalue weighted by Gasteiger charge is -2.26. The van der Waals surface area contributed by atoms with Crippen LogP contribution in [0.3, 0.4) is 0 Å². The number of fused-ring (bicyclic) bond motifs is 2. The van der Waals surface area contributed by atoms with Crippen molar-refractivity contribution in [3.8, 4) is 0 Å². The third kappa shape index (κ3) is 8.77. The third-order valence-corrected chi connectivity index (χ3v) is 11.6. The molecular formula is C47H60N6O3+2. The zero-order chi connectivity index (χ0) is 40.8. The highest BCUT2D eigenvalue weighted by Gasteiger charge is 2.41. The van der Waals surface area contributed by atoms with E-state index in [1.54, 1.807) is 12.1 Å². The largest absolute Gasteiger partial charge is 0.366 e. The molecule has 2 aliphatic heterocycles. The molecule has 3 aliphatic rings. The molecule has 1 aliphatic carbocycles. The third-order valence-electron chi connectivity index (χ3n) is 11.6. The van der Waals surface area contributed by atoms with Crippen LogP contribution in [0.5, 0.6) is 0 Å². The number of hydrogen-bond donors (Lipinski definition) is 2. The Hall–Kier alpha value is -5.57. The molecule has 0 radical (unpaired) electrons. The monoisotopic (exact) mass is 756 g/mol. The van der Waals surface area contributed by atoms with Crippen LogP contribution in [0.25, 0.3) is 0 Å². The molecule has 1 fully saturated rings. The van der Waals surface area contributed by atoms with Crippen LogP contribution in [0.15, 0.2) is 108 Å². The van der Waals surface area contributed by atoms with E-state index < -0.39 is 11.8 Å². The highest BCUT2D eigenvalue weighted by atomic mass is 16.1. The highest BCUT2D eigenvalue weighted by molar-refractivity contribution is 6.11. The Kier molecular flexibility index (Phi) is 13.0. The summed E-state index contributed by atoms with van der Waals surface area (Å²) in [7, 11) is 4.16. The number of amides is 2. The van der Waals surface area contributed by atoms with Crippen molar-refractivity contribution in [2.45, 2.75) is 78.1 Å².